The van der Waals surface area contributed by atoms with Crippen LogP contribution < -0.4 is 0 Å². The summed E-state index contributed by atoms with van der Waals surface area (Å²) in [5.41, 5.74) is 0.726. The normalized spacial score (nSPS) is 11.9. The molecule has 0 saturated heterocycles. The van der Waals surface area contributed by atoms with Crippen LogP contribution in [-0.2, 0) is 16.5 Å². The van der Waals surface area contributed by atoms with Gasteiger partial charge in [0.05, 0.1) is 29.5 Å². The Morgan fingerprint density at radius 1 is 0.382 bits per heavy atom. The van der Waals surface area contributed by atoms with Crippen LogP contribution >= 0.6 is 7.26 Å². The van der Waals surface area contributed by atoms with Crippen molar-refractivity contribution in [3.05, 3.63) is 29.8 Å². The number of rotatable bonds is 40. The first-order valence-corrected chi connectivity index (χ1v) is 28.7. The molecule has 55 heavy (non-hydrogen) atoms. The molecule has 1 aromatic rings. The van der Waals surface area contributed by atoms with Crippen LogP contribution in [0.1, 0.15) is 258 Å². The minimum atomic E-state index is -4.10. The average Bonchev–Trinajstić information content (AvgIpc) is 3.18. The molecule has 0 radical (unpaired) electrons. The van der Waals surface area contributed by atoms with Crippen LogP contribution in [0, 0.1) is 0 Å². The van der Waals surface area contributed by atoms with Gasteiger partial charge in [-0.3, -0.25) is 4.55 Å². The molecule has 1 N–H and O–H groups in total. The van der Waals surface area contributed by atoms with Crippen molar-refractivity contribution in [2.24, 2.45) is 0 Å². The van der Waals surface area contributed by atoms with E-state index in [0.717, 1.165) is 18.4 Å². The smallest absolute Gasteiger partial charge is 0.282 e. The third-order valence-electron chi connectivity index (χ3n) is 12.0. The van der Waals surface area contributed by atoms with Crippen LogP contribution in [0.4, 0.5) is 0 Å². The van der Waals surface area contributed by atoms with E-state index in [-0.39, 0.29) is 4.90 Å². The van der Waals surface area contributed by atoms with Crippen molar-refractivity contribution in [2.75, 3.05) is 24.6 Å². The number of hydrogen-bond acceptors (Lipinski definition) is 2. The summed E-state index contributed by atoms with van der Waals surface area (Å²) >= 11 is 0. The SMILES string of the molecule is CCCCCCCCCCCCc1ccccc1S(=O)(=O)O.CCCCCCCC[P+](CCCCCCCC)(CCCCCCCC)CCCCCCCC. The maximum absolute atomic E-state index is 11.3. The predicted molar refractivity (Wildman–Crippen MR) is 252 cm³/mol. The summed E-state index contributed by atoms with van der Waals surface area (Å²) in [6.07, 6.45) is 55.5. The van der Waals surface area contributed by atoms with Crippen LogP contribution in [0.25, 0.3) is 0 Å². The zero-order chi connectivity index (χ0) is 40.6. The van der Waals surface area contributed by atoms with E-state index in [1.54, 1.807) is 62.5 Å². The van der Waals surface area contributed by atoms with Crippen molar-refractivity contribution in [1.29, 1.82) is 0 Å². The zero-order valence-electron chi connectivity index (χ0n) is 38.0. The van der Waals surface area contributed by atoms with E-state index in [1.165, 1.54) is 186 Å². The Balaban J connectivity index is 0.00000115. The minimum absolute atomic E-state index is 0.0610. The van der Waals surface area contributed by atoms with E-state index < -0.39 is 17.4 Å². The molecular formula is C50H98O3PS+. The highest BCUT2D eigenvalue weighted by Gasteiger charge is 2.35. The summed E-state index contributed by atoms with van der Waals surface area (Å²) in [6, 6.07) is 6.73. The lowest BCUT2D eigenvalue weighted by molar-refractivity contribution is 0.481. The van der Waals surface area contributed by atoms with E-state index in [4.69, 9.17) is 0 Å². The minimum Gasteiger partial charge on any atom is -0.282 e. The molecule has 0 aliphatic rings. The zero-order valence-corrected chi connectivity index (χ0v) is 39.7. The molecule has 0 fully saturated rings. The molecule has 0 atom stereocenters. The lowest BCUT2D eigenvalue weighted by atomic mass is 10.0. The number of hydrogen-bond donors (Lipinski definition) is 1. The lowest BCUT2D eigenvalue weighted by Crippen LogP contribution is -2.13. The van der Waals surface area contributed by atoms with Gasteiger partial charge >= 0.3 is 0 Å². The topological polar surface area (TPSA) is 54.4 Å². The Bertz CT molecular complexity index is 956. The molecule has 326 valence electrons. The van der Waals surface area contributed by atoms with Gasteiger partial charge in [0.25, 0.3) is 10.1 Å². The molecule has 0 spiro atoms. The van der Waals surface area contributed by atoms with Crippen LogP contribution in [0.2, 0.25) is 0 Å². The van der Waals surface area contributed by atoms with Crippen LogP contribution in [0.15, 0.2) is 29.2 Å². The molecule has 0 saturated carbocycles. The first-order chi connectivity index (χ1) is 26.8. The largest absolute Gasteiger partial charge is 0.294 e. The van der Waals surface area contributed by atoms with Crippen molar-refractivity contribution in [3.63, 3.8) is 0 Å². The summed E-state index contributed by atoms with van der Waals surface area (Å²) in [5.74, 6) is 0. The predicted octanol–water partition coefficient (Wildman–Crippen LogP) is 17.8. The van der Waals surface area contributed by atoms with Gasteiger partial charge < -0.3 is 0 Å². The Hall–Kier alpha value is -0.440. The van der Waals surface area contributed by atoms with Crippen molar-refractivity contribution in [2.45, 2.75) is 264 Å². The molecule has 0 unspecified atom stereocenters. The van der Waals surface area contributed by atoms with Gasteiger partial charge in [0, 0.05) is 7.26 Å². The number of aryl methyl sites for hydroxylation is 1. The van der Waals surface area contributed by atoms with Crippen LogP contribution in [0.5, 0.6) is 0 Å². The maximum atomic E-state index is 11.3. The fraction of sp³-hybridized carbons (Fsp3) is 0.880. The second-order valence-electron chi connectivity index (χ2n) is 17.3. The fourth-order valence-corrected chi connectivity index (χ4v) is 14.0. The highest BCUT2D eigenvalue weighted by atomic mass is 32.2. The fourth-order valence-electron chi connectivity index (χ4n) is 8.35. The summed E-state index contributed by atoms with van der Waals surface area (Å²) in [4.78, 5) is 0.0610. The van der Waals surface area contributed by atoms with Gasteiger partial charge in [0.2, 0.25) is 0 Å². The van der Waals surface area contributed by atoms with E-state index in [1.807, 2.05) is 6.07 Å². The lowest BCUT2D eigenvalue weighted by Gasteiger charge is -2.28. The standard InChI is InChI=1S/C32H68P.C18H30O3S/c1-5-9-13-17-21-25-29-33(30-26-22-18-14-10-6-2,31-27-23-19-15-11-7-3)32-28-24-20-16-12-8-4;1-2-3-4-5-6-7-8-9-10-11-14-17-15-12-13-16-18(17)22(19,20)21/h5-32H2,1-4H3;12-13,15-16H,2-11,14H2,1H3,(H,19,20,21)/q+1;. The summed E-state index contributed by atoms with van der Waals surface area (Å²) in [5, 5.41) is 0. The van der Waals surface area contributed by atoms with Gasteiger partial charge in [-0.25, -0.2) is 0 Å². The van der Waals surface area contributed by atoms with Crippen molar-refractivity contribution < 1.29 is 13.0 Å². The Labute approximate surface area is 347 Å². The Morgan fingerprint density at radius 2 is 0.636 bits per heavy atom. The first kappa shape index (κ1) is 54.6. The van der Waals surface area contributed by atoms with Gasteiger partial charge in [-0.1, -0.05) is 213 Å². The number of benzene rings is 1. The van der Waals surface area contributed by atoms with Crippen LogP contribution in [-0.4, -0.2) is 37.6 Å². The molecule has 0 aliphatic heterocycles. The molecule has 0 bridgehead atoms. The average molecular weight is 810 g/mol. The number of unbranched alkanes of at least 4 members (excludes halogenated alkanes) is 29. The molecular weight excluding hydrogens is 712 g/mol. The van der Waals surface area contributed by atoms with Gasteiger partial charge in [-0.15, -0.1) is 0 Å². The molecule has 0 aromatic heterocycles. The molecule has 5 heteroatoms. The Morgan fingerprint density at radius 3 is 0.927 bits per heavy atom. The molecule has 0 heterocycles. The molecule has 3 nitrogen and oxygen atoms in total. The molecule has 0 amide bonds. The van der Waals surface area contributed by atoms with Crippen molar-refractivity contribution in [1.82, 2.24) is 0 Å². The third kappa shape index (κ3) is 34.2. The third-order valence-corrected chi connectivity index (χ3v) is 18.0. The highest BCUT2D eigenvalue weighted by Crippen LogP contribution is 2.61. The first-order valence-electron chi connectivity index (χ1n) is 24.7. The van der Waals surface area contributed by atoms with E-state index in [0.29, 0.717) is 6.42 Å². The van der Waals surface area contributed by atoms with E-state index >= 15 is 0 Å². The second kappa shape index (κ2) is 40.3. The maximum Gasteiger partial charge on any atom is 0.294 e. The summed E-state index contributed by atoms with van der Waals surface area (Å²) in [7, 11) is -4.81. The van der Waals surface area contributed by atoms with Crippen LogP contribution in [0.3, 0.4) is 0 Å². The molecule has 0 aliphatic carbocycles. The molecule has 1 aromatic carbocycles. The van der Waals surface area contributed by atoms with Gasteiger partial charge in [0.15, 0.2) is 0 Å². The van der Waals surface area contributed by atoms with Crippen molar-refractivity contribution in [3.8, 4) is 0 Å². The van der Waals surface area contributed by atoms with Gasteiger partial charge in [0.1, 0.15) is 0 Å². The Kier molecular flexibility index (Phi) is 40.0. The quantitative estimate of drug-likeness (QED) is 0.0408. The van der Waals surface area contributed by atoms with Gasteiger partial charge in [-0.2, -0.15) is 8.42 Å². The van der Waals surface area contributed by atoms with E-state index in [9.17, 15) is 13.0 Å². The highest BCUT2D eigenvalue weighted by molar-refractivity contribution is 7.85. The monoisotopic (exact) mass is 810 g/mol. The summed E-state index contributed by atoms with van der Waals surface area (Å²) in [6.45, 7) is 11.6. The molecule has 1 rings (SSSR count). The second-order valence-corrected chi connectivity index (χ2v) is 23.2. The van der Waals surface area contributed by atoms with Crippen molar-refractivity contribution >= 4 is 17.4 Å². The van der Waals surface area contributed by atoms with Gasteiger partial charge in [-0.05, 0) is 75.8 Å². The summed E-state index contributed by atoms with van der Waals surface area (Å²) < 4.78 is 31.8. The van der Waals surface area contributed by atoms with E-state index in [2.05, 4.69) is 34.6 Å².